The third kappa shape index (κ3) is 3.17. The molecule has 1 heterocycles. The van der Waals surface area contributed by atoms with E-state index in [1.807, 2.05) is 60.7 Å². The predicted molar refractivity (Wildman–Crippen MR) is 87.0 cm³/mol. The molecule has 0 saturated carbocycles. The smallest absolute Gasteiger partial charge is 0.119 e. The van der Waals surface area contributed by atoms with Gasteiger partial charge in [-0.15, -0.1) is 0 Å². The second-order valence-electron chi connectivity index (χ2n) is 5.26. The number of para-hydroxylation sites is 1. The van der Waals surface area contributed by atoms with Crippen LogP contribution in [0.2, 0.25) is 0 Å². The van der Waals surface area contributed by atoms with Gasteiger partial charge in [0.05, 0.1) is 6.61 Å². The molecule has 1 aliphatic heterocycles. The van der Waals surface area contributed by atoms with Gasteiger partial charge >= 0.3 is 0 Å². The number of anilines is 2. The lowest BCUT2D eigenvalue weighted by molar-refractivity contribution is 0.286. The molecule has 2 aromatic rings. The average molecular weight is 281 g/mol. The lowest BCUT2D eigenvalue weighted by Gasteiger charge is -2.32. The number of rotatable bonds is 4. The Bertz CT molecular complexity index is 654. The van der Waals surface area contributed by atoms with E-state index in [9.17, 15) is 0 Å². The van der Waals surface area contributed by atoms with Gasteiger partial charge in [0.1, 0.15) is 11.4 Å². The summed E-state index contributed by atoms with van der Waals surface area (Å²) in [4.78, 5) is 0. The minimum Gasteiger partial charge on any atom is -0.493 e. The van der Waals surface area contributed by atoms with Crippen molar-refractivity contribution in [2.45, 2.75) is 12.1 Å². The maximum atomic E-state index is 6.37. The molecule has 21 heavy (non-hydrogen) atoms. The van der Waals surface area contributed by atoms with Crippen LogP contribution in [0.15, 0.2) is 54.6 Å². The van der Waals surface area contributed by atoms with Crippen LogP contribution in [0.4, 0.5) is 11.4 Å². The fraction of sp³-hybridized carbons (Fsp3) is 0.176. The van der Waals surface area contributed by atoms with Crippen molar-refractivity contribution in [3.05, 3.63) is 60.2 Å². The van der Waals surface area contributed by atoms with E-state index in [2.05, 4.69) is 5.32 Å². The summed E-state index contributed by atoms with van der Waals surface area (Å²) in [7, 11) is 0. The Labute approximate surface area is 124 Å². The van der Waals surface area contributed by atoms with E-state index >= 15 is 0 Å². The molecule has 1 unspecified atom stereocenters. The van der Waals surface area contributed by atoms with Gasteiger partial charge in [0.25, 0.3) is 0 Å². The standard InChI is InChI=1S/C17H19N3O/c18-14-6-7-16-13(12-14)8-9-17(19,20-16)10-11-21-15-4-2-1-3-5-15/h1-9,12,20H,10-11,18-19H2. The number of ether oxygens (including phenoxy) is 1. The average Bonchev–Trinajstić information content (AvgIpc) is 2.49. The predicted octanol–water partition coefficient (Wildman–Crippen LogP) is 2.83. The molecule has 4 heteroatoms. The molecule has 0 fully saturated rings. The molecule has 0 bridgehead atoms. The van der Waals surface area contributed by atoms with Crippen LogP contribution in [-0.2, 0) is 0 Å². The zero-order chi connectivity index (χ0) is 14.7. The highest BCUT2D eigenvalue weighted by molar-refractivity contribution is 5.74. The zero-order valence-electron chi connectivity index (χ0n) is 11.8. The Morgan fingerprint density at radius 2 is 1.90 bits per heavy atom. The van der Waals surface area contributed by atoms with Gasteiger partial charge in [-0.1, -0.05) is 24.3 Å². The molecule has 4 nitrogen and oxygen atoms in total. The van der Waals surface area contributed by atoms with Crippen LogP contribution < -0.4 is 21.5 Å². The maximum Gasteiger partial charge on any atom is 0.119 e. The monoisotopic (exact) mass is 281 g/mol. The van der Waals surface area contributed by atoms with E-state index < -0.39 is 5.66 Å². The quantitative estimate of drug-likeness (QED) is 0.753. The van der Waals surface area contributed by atoms with E-state index in [1.165, 1.54) is 0 Å². The molecule has 2 aromatic carbocycles. The first-order valence-electron chi connectivity index (χ1n) is 6.98. The van der Waals surface area contributed by atoms with E-state index in [0.29, 0.717) is 13.0 Å². The number of nitrogen functional groups attached to an aromatic ring is 1. The van der Waals surface area contributed by atoms with Crippen LogP contribution in [0, 0.1) is 0 Å². The molecule has 0 aliphatic carbocycles. The zero-order valence-corrected chi connectivity index (χ0v) is 11.8. The molecule has 0 radical (unpaired) electrons. The number of benzene rings is 2. The van der Waals surface area contributed by atoms with E-state index in [-0.39, 0.29) is 0 Å². The molecule has 0 amide bonds. The lowest BCUT2D eigenvalue weighted by Crippen LogP contribution is -2.48. The molecule has 3 rings (SSSR count). The minimum atomic E-state index is -0.599. The molecule has 0 aromatic heterocycles. The Hall–Kier alpha value is -2.46. The van der Waals surface area contributed by atoms with Gasteiger partial charge in [0, 0.05) is 17.8 Å². The third-order valence-corrected chi connectivity index (χ3v) is 3.53. The van der Waals surface area contributed by atoms with Crippen molar-refractivity contribution in [2.24, 2.45) is 5.73 Å². The second-order valence-corrected chi connectivity index (χ2v) is 5.26. The molecule has 0 spiro atoms. The Morgan fingerprint density at radius 1 is 1.10 bits per heavy atom. The van der Waals surface area contributed by atoms with Gasteiger partial charge in [-0.2, -0.15) is 0 Å². The Morgan fingerprint density at radius 3 is 2.71 bits per heavy atom. The molecule has 1 atom stereocenters. The number of nitrogens with two attached hydrogens (primary N) is 2. The van der Waals surface area contributed by atoms with Crippen LogP contribution in [0.25, 0.3) is 6.08 Å². The van der Waals surface area contributed by atoms with Gasteiger partial charge in [0.2, 0.25) is 0 Å². The summed E-state index contributed by atoms with van der Waals surface area (Å²) >= 11 is 0. The fourth-order valence-corrected chi connectivity index (χ4v) is 2.36. The molecule has 108 valence electrons. The van der Waals surface area contributed by atoms with E-state index in [4.69, 9.17) is 16.2 Å². The SMILES string of the molecule is Nc1ccc2c(c1)C=CC(N)(CCOc1ccccc1)N2. The van der Waals surface area contributed by atoms with Crippen molar-refractivity contribution in [2.75, 3.05) is 17.7 Å². The molecular formula is C17H19N3O. The van der Waals surface area contributed by atoms with Gasteiger partial charge in [-0.3, -0.25) is 0 Å². The maximum absolute atomic E-state index is 6.37. The van der Waals surface area contributed by atoms with Crippen LogP contribution in [0.1, 0.15) is 12.0 Å². The van der Waals surface area contributed by atoms with Gasteiger partial charge in [0.15, 0.2) is 0 Å². The van der Waals surface area contributed by atoms with Gasteiger partial charge < -0.3 is 21.5 Å². The number of hydrogen-bond donors (Lipinski definition) is 3. The van der Waals surface area contributed by atoms with Crippen molar-refractivity contribution in [1.82, 2.24) is 0 Å². The topological polar surface area (TPSA) is 73.3 Å². The van der Waals surface area contributed by atoms with Crippen molar-refractivity contribution in [3.8, 4) is 5.75 Å². The number of fused-ring (bicyclic) bond motifs is 1. The van der Waals surface area contributed by atoms with Crippen molar-refractivity contribution < 1.29 is 4.74 Å². The first-order valence-corrected chi connectivity index (χ1v) is 6.98. The van der Waals surface area contributed by atoms with E-state index in [1.54, 1.807) is 0 Å². The molecular weight excluding hydrogens is 262 g/mol. The number of hydrogen-bond acceptors (Lipinski definition) is 4. The van der Waals surface area contributed by atoms with Crippen LogP contribution >= 0.6 is 0 Å². The first-order chi connectivity index (χ1) is 10.1. The Kier molecular flexibility index (Phi) is 3.54. The summed E-state index contributed by atoms with van der Waals surface area (Å²) in [6, 6.07) is 15.5. The van der Waals surface area contributed by atoms with Crippen LogP contribution in [-0.4, -0.2) is 12.3 Å². The summed E-state index contributed by atoms with van der Waals surface area (Å²) in [6.07, 6.45) is 4.63. The second kappa shape index (κ2) is 5.50. The molecule has 5 N–H and O–H groups in total. The summed E-state index contributed by atoms with van der Waals surface area (Å²) in [5.74, 6) is 0.856. The van der Waals surface area contributed by atoms with Crippen LogP contribution in [0.5, 0.6) is 5.75 Å². The highest BCUT2D eigenvalue weighted by Gasteiger charge is 2.25. The number of nitrogens with one attached hydrogen (secondary N) is 1. The largest absolute Gasteiger partial charge is 0.493 e. The summed E-state index contributed by atoms with van der Waals surface area (Å²) in [6.45, 7) is 0.544. The van der Waals surface area contributed by atoms with Gasteiger partial charge in [-0.05, 0) is 42.0 Å². The first kappa shape index (κ1) is 13.5. The summed E-state index contributed by atoms with van der Waals surface area (Å²) in [5.41, 5.74) is 14.3. The van der Waals surface area contributed by atoms with Crippen LogP contribution in [0.3, 0.4) is 0 Å². The van der Waals surface area contributed by atoms with Gasteiger partial charge in [-0.25, -0.2) is 0 Å². The highest BCUT2D eigenvalue weighted by atomic mass is 16.5. The highest BCUT2D eigenvalue weighted by Crippen LogP contribution is 2.29. The third-order valence-electron chi connectivity index (χ3n) is 3.53. The van der Waals surface area contributed by atoms with Crippen molar-refractivity contribution in [1.29, 1.82) is 0 Å². The van der Waals surface area contributed by atoms with Crippen molar-refractivity contribution >= 4 is 17.5 Å². The minimum absolute atomic E-state index is 0.544. The van der Waals surface area contributed by atoms with E-state index in [0.717, 1.165) is 22.7 Å². The summed E-state index contributed by atoms with van der Waals surface area (Å²) in [5, 5.41) is 3.34. The van der Waals surface area contributed by atoms with Crippen molar-refractivity contribution in [3.63, 3.8) is 0 Å². The lowest BCUT2D eigenvalue weighted by atomic mass is 9.98. The molecule has 0 saturated heterocycles. The summed E-state index contributed by atoms with van der Waals surface area (Å²) < 4.78 is 5.71. The molecule has 1 aliphatic rings. The normalized spacial score (nSPS) is 19.7. The fourth-order valence-electron chi connectivity index (χ4n) is 2.36. The Balaban J connectivity index is 1.63.